The molecule has 0 N–H and O–H groups in total. The molecule has 0 saturated heterocycles. The van der Waals surface area contributed by atoms with Crippen molar-refractivity contribution in [2.45, 2.75) is 12.4 Å². The Morgan fingerprint density at radius 2 is 1.46 bits per heavy atom. The number of anilines is 1. The van der Waals surface area contributed by atoms with Gasteiger partial charge in [0.1, 0.15) is 17.2 Å². The highest BCUT2D eigenvalue weighted by molar-refractivity contribution is 6.34. The van der Waals surface area contributed by atoms with Gasteiger partial charge in [-0.2, -0.15) is 31.4 Å². The van der Waals surface area contributed by atoms with Crippen molar-refractivity contribution >= 4 is 46.6 Å². The number of ether oxygens (including phenoxy) is 2. The van der Waals surface area contributed by atoms with Crippen LogP contribution in [0.4, 0.5) is 37.7 Å². The summed E-state index contributed by atoms with van der Waals surface area (Å²) >= 11 is 12.0. The smallest absolute Gasteiger partial charge is 0.416 e. The molecular weight excluding hydrogens is 575 g/mol. The van der Waals surface area contributed by atoms with Gasteiger partial charge >= 0.3 is 12.4 Å². The van der Waals surface area contributed by atoms with E-state index >= 15 is 0 Å². The largest absolute Gasteiger partial charge is 0.497 e. The molecule has 0 unspecified atom stereocenters. The molecule has 3 aromatic rings. The third-order valence-corrected chi connectivity index (χ3v) is 5.71. The van der Waals surface area contributed by atoms with Crippen molar-refractivity contribution in [3.05, 3.63) is 87.4 Å². The Kier molecular flexibility index (Phi) is 9.13. The van der Waals surface area contributed by atoms with Crippen LogP contribution in [0.1, 0.15) is 16.7 Å². The third kappa shape index (κ3) is 7.42. The van der Waals surface area contributed by atoms with Crippen molar-refractivity contribution in [2.24, 2.45) is 10.3 Å². The van der Waals surface area contributed by atoms with Gasteiger partial charge in [-0.15, -0.1) is 5.11 Å². The number of alkyl halides is 6. The summed E-state index contributed by atoms with van der Waals surface area (Å²) in [5.41, 5.74) is -2.90. The molecular formula is C25H17Cl2F6N3O3. The Hall–Kier alpha value is -3.77. The summed E-state index contributed by atoms with van der Waals surface area (Å²) in [5.74, 6) is -0.278. The maximum Gasteiger partial charge on any atom is 0.416 e. The average molecular weight is 592 g/mol. The minimum absolute atomic E-state index is 0.257. The van der Waals surface area contributed by atoms with E-state index in [1.54, 1.807) is 12.1 Å². The van der Waals surface area contributed by atoms with Gasteiger partial charge in [-0.1, -0.05) is 28.4 Å². The van der Waals surface area contributed by atoms with E-state index in [0.29, 0.717) is 46.3 Å². The first-order valence-corrected chi connectivity index (χ1v) is 11.4. The summed E-state index contributed by atoms with van der Waals surface area (Å²) in [5, 5.41) is 7.05. The summed E-state index contributed by atoms with van der Waals surface area (Å²) < 4.78 is 89.9. The molecule has 0 aliphatic carbocycles. The molecule has 0 radical (unpaired) electrons. The van der Waals surface area contributed by atoms with Crippen LogP contribution in [-0.4, -0.2) is 20.1 Å². The lowest BCUT2D eigenvalue weighted by Gasteiger charge is -2.18. The van der Waals surface area contributed by atoms with Crippen LogP contribution >= 0.6 is 23.2 Å². The molecule has 3 aromatic carbocycles. The molecule has 0 spiro atoms. The summed E-state index contributed by atoms with van der Waals surface area (Å²) in [6.07, 6.45) is -7.33. The normalized spacial score (nSPS) is 12.3. The molecule has 0 fully saturated rings. The predicted octanol–water partition coefficient (Wildman–Crippen LogP) is 8.79. The molecule has 14 heteroatoms. The van der Waals surface area contributed by atoms with E-state index in [1.165, 1.54) is 26.4 Å². The van der Waals surface area contributed by atoms with Gasteiger partial charge < -0.3 is 9.47 Å². The highest BCUT2D eigenvalue weighted by atomic mass is 35.5. The van der Waals surface area contributed by atoms with Crippen LogP contribution in [0.15, 0.2) is 71.0 Å². The maximum absolute atomic E-state index is 13.4. The number of hydrogen-bond donors (Lipinski definition) is 0. The van der Waals surface area contributed by atoms with Crippen molar-refractivity contribution in [1.29, 1.82) is 0 Å². The average Bonchev–Trinajstić information content (AvgIpc) is 2.87. The fraction of sp³-hybridized carbons (Fsp3) is 0.160. The Bertz CT molecular complexity index is 1430. The van der Waals surface area contributed by atoms with Crippen LogP contribution in [-0.2, 0) is 17.1 Å². The van der Waals surface area contributed by atoms with Crippen LogP contribution in [0, 0.1) is 0 Å². The molecule has 3 rings (SSSR count). The number of hydrogen-bond acceptors (Lipinski definition) is 5. The van der Waals surface area contributed by atoms with Crippen molar-refractivity contribution in [2.75, 3.05) is 19.2 Å². The van der Waals surface area contributed by atoms with E-state index in [0.717, 1.165) is 18.2 Å². The highest BCUT2D eigenvalue weighted by Gasteiger charge is 2.33. The van der Waals surface area contributed by atoms with E-state index in [1.807, 2.05) is 0 Å². The predicted molar refractivity (Wildman–Crippen MR) is 133 cm³/mol. The second kappa shape index (κ2) is 12.0. The molecule has 0 saturated carbocycles. The first kappa shape index (κ1) is 29.8. The fourth-order valence-electron chi connectivity index (χ4n) is 3.11. The van der Waals surface area contributed by atoms with Gasteiger partial charge in [0.2, 0.25) is 0 Å². The second-order valence-corrected chi connectivity index (χ2v) is 8.42. The van der Waals surface area contributed by atoms with Gasteiger partial charge in [0.15, 0.2) is 0 Å². The molecule has 6 nitrogen and oxygen atoms in total. The van der Waals surface area contributed by atoms with Crippen molar-refractivity contribution in [1.82, 2.24) is 0 Å². The number of carbonyl (C=O) groups is 1. The molecule has 206 valence electrons. The zero-order chi connectivity index (χ0) is 29.0. The topological polar surface area (TPSA) is 63.5 Å². The summed E-state index contributed by atoms with van der Waals surface area (Å²) in [4.78, 5) is 13.2. The lowest BCUT2D eigenvalue weighted by molar-refractivity contribution is -0.138. The summed E-state index contributed by atoms with van der Waals surface area (Å²) in [6.45, 7) is 0. The van der Waals surface area contributed by atoms with Gasteiger partial charge in [0.25, 0.3) is 5.91 Å². The number of methoxy groups -OCH3 is 2. The zero-order valence-electron chi connectivity index (χ0n) is 19.9. The molecule has 0 aliphatic heterocycles. The number of rotatable bonds is 7. The number of halogens is 8. The quantitative estimate of drug-likeness (QED) is 0.119. The van der Waals surface area contributed by atoms with Crippen molar-refractivity contribution in [3.8, 4) is 11.5 Å². The van der Waals surface area contributed by atoms with Crippen LogP contribution in [0.2, 0.25) is 10.0 Å². The monoisotopic (exact) mass is 591 g/mol. The number of carbonyl (C=O) groups excluding carboxylic acids is 1. The van der Waals surface area contributed by atoms with Gasteiger partial charge in [0, 0.05) is 17.7 Å². The van der Waals surface area contributed by atoms with Crippen LogP contribution in [0.25, 0.3) is 6.08 Å². The third-order valence-electron chi connectivity index (χ3n) is 5.07. The Morgan fingerprint density at radius 3 is 2.05 bits per heavy atom. The standard InChI is InChI=1S/C25H17Cl2F6N3O3/c1-38-17-7-3-14(22(13-17)39-2)4-10-23(37)36(21-12-16(25(31,32)33)6-9-19(21)27)35-34-20-11-15(24(28,29)30)5-8-18(20)26/h3-13H,1-2H3/b10-4+,35-34?. The molecule has 1 amide bonds. The Labute approximate surface area is 228 Å². The second-order valence-electron chi connectivity index (χ2n) is 7.61. The fourth-order valence-corrected chi connectivity index (χ4v) is 3.46. The first-order valence-electron chi connectivity index (χ1n) is 10.6. The highest BCUT2D eigenvalue weighted by Crippen LogP contribution is 2.38. The molecule has 39 heavy (non-hydrogen) atoms. The molecule has 0 atom stereocenters. The van der Waals surface area contributed by atoms with E-state index in [9.17, 15) is 31.1 Å². The number of amides is 1. The maximum atomic E-state index is 13.4. The SMILES string of the molecule is COc1ccc(/C=C/C(=O)N(N=Nc2cc(C(F)(F)F)ccc2Cl)c2cc(C(F)(F)F)ccc2Cl)c(OC)c1. The van der Waals surface area contributed by atoms with Gasteiger partial charge in [0.05, 0.1) is 41.1 Å². The van der Waals surface area contributed by atoms with E-state index in [-0.39, 0.29) is 10.0 Å². The van der Waals surface area contributed by atoms with Gasteiger partial charge in [-0.05, 0) is 54.6 Å². The van der Waals surface area contributed by atoms with Crippen LogP contribution in [0.5, 0.6) is 11.5 Å². The molecule has 0 aromatic heterocycles. The van der Waals surface area contributed by atoms with Gasteiger partial charge in [-0.3, -0.25) is 4.79 Å². The molecule has 0 heterocycles. The van der Waals surface area contributed by atoms with E-state index in [4.69, 9.17) is 32.7 Å². The minimum atomic E-state index is -4.80. The van der Waals surface area contributed by atoms with Gasteiger partial charge in [-0.25, -0.2) is 0 Å². The van der Waals surface area contributed by atoms with Crippen molar-refractivity contribution in [3.63, 3.8) is 0 Å². The van der Waals surface area contributed by atoms with Crippen molar-refractivity contribution < 1.29 is 40.6 Å². The molecule has 0 aliphatic rings. The van der Waals surface area contributed by atoms with Crippen LogP contribution < -0.4 is 14.5 Å². The first-order chi connectivity index (χ1) is 18.2. The zero-order valence-corrected chi connectivity index (χ0v) is 21.5. The number of benzene rings is 3. The lowest BCUT2D eigenvalue weighted by atomic mass is 10.1. The molecule has 0 bridgehead atoms. The summed E-state index contributed by atoms with van der Waals surface area (Å²) in [6, 6.07) is 8.97. The Morgan fingerprint density at radius 1 is 0.846 bits per heavy atom. The summed E-state index contributed by atoms with van der Waals surface area (Å²) in [7, 11) is 2.81. The lowest BCUT2D eigenvalue weighted by Crippen LogP contribution is -2.23. The van der Waals surface area contributed by atoms with E-state index in [2.05, 4.69) is 10.3 Å². The minimum Gasteiger partial charge on any atom is -0.497 e. The Balaban J connectivity index is 2.09. The van der Waals surface area contributed by atoms with Crippen LogP contribution in [0.3, 0.4) is 0 Å². The van der Waals surface area contributed by atoms with E-state index < -0.39 is 40.8 Å². The number of nitrogens with zero attached hydrogens (tertiary/aromatic N) is 3.